The number of anilines is 1. The van der Waals surface area contributed by atoms with Crippen LogP contribution in [0.2, 0.25) is 0 Å². The molecule has 1 unspecified atom stereocenters. The van der Waals surface area contributed by atoms with E-state index in [-0.39, 0.29) is 23.5 Å². The van der Waals surface area contributed by atoms with E-state index in [1.165, 1.54) is 11.5 Å². The lowest BCUT2D eigenvalue weighted by Gasteiger charge is -2.17. The van der Waals surface area contributed by atoms with E-state index in [0.717, 1.165) is 28.0 Å². The molecular formula is C28H27N5O3S. The van der Waals surface area contributed by atoms with Crippen LogP contribution in [0, 0.1) is 12.8 Å². The Labute approximate surface area is 218 Å². The summed E-state index contributed by atoms with van der Waals surface area (Å²) in [5, 5.41) is 2.94. The second-order valence-electron chi connectivity index (χ2n) is 9.44. The minimum Gasteiger partial charge on any atom is -0.338 e. The van der Waals surface area contributed by atoms with Gasteiger partial charge in [0.25, 0.3) is 11.8 Å². The van der Waals surface area contributed by atoms with Crippen molar-refractivity contribution in [2.45, 2.75) is 33.1 Å². The van der Waals surface area contributed by atoms with Gasteiger partial charge in [-0.3, -0.25) is 14.6 Å². The predicted molar refractivity (Wildman–Crippen MR) is 143 cm³/mol. The number of hydrogen-bond acceptors (Lipinski definition) is 7. The molecule has 2 amide bonds. The predicted octanol–water partition coefficient (Wildman–Crippen LogP) is 4.68. The lowest BCUT2D eigenvalue weighted by atomic mass is 10.0. The smallest absolute Gasteiger partial charge is 0.258 e. The number of Topliss-reactive ketones (excluding diaryl/α,β-unsaturated/α-hetero) is 1. The van der Waals surface area contributed by atoms with Gasteiger partial charge >= 0.3 is 0 Å². The van der Waals surface area contributed by atoms with Gasteiger partial charge in [0.1, 0.15) is 5.78 Å². The summed E-state index contributed by atoms with van der Waals surface area (Å²) in [6.45, 7) is 4.61. The first kappa shape index (κ1) is 24.7. The molecule has 0 spiro atoms. The third-order valence-corrected chi connectivity index (χ3v) is 7.45. The lowest BCUT2D eigenvalue weighted by molar-refractivity contribution is -0.117. The summed E-state index contributed by atoms with van der Waals surface area (Å²) in [6, 6.07) is 14.6. The van der Waals surface area contributed by atoms with Crippen molar-refractivity contribution in [3.8, 4) is 0 Å². The summed E-state index contributed by atoms with van der Waals surface area (Å²) in [4.78, 5) is 49.5. The van der Waals surface area contributed by atoms with Gasteiger partial charge in [0.2, 0.25) is 0 Å². The minimum atomic E-state index is -0.276. The maximum Gasteiger partial charge on any atom is 0.258 e. The number of likely N-dealkylation sites (tertiary alicyclic amines) is 1. The molecule has 0 radical (unpaired) electrons. The Kier molecular flexibility index (Phi) is 7.05. The third kappa shape index (κ3) is 5.56. The van der Waals surface area contributed by atoms with Crippen LogP contribution in [0.5, 0.6) is 0 Å². The summed E-state index contributed by atoms with van der Waals surface area (Å²) in [7, 11) is 0. The van der Waals surface area contributed by atoms with Crippen molar-refractivity contribution in [3.05, 3.63) is 82.1 Å². The fourth-order valence-corrected chi connectivity index (χ4v) is 5.65. The molecule has 1 fully saturated rings. The molecular weight excluding hydrogens is 486 g/mol. The number of aryl methyl sites for hydroxylation is 1. The van der Waals surface area contributed by atoms with Gasteiger partial charge < -0.3 is 15.0 Å². The van der Waals surface area contributed by atoms with Crippen molar-refractivity contribution >= 4 is 45.9 Å². The molecule has 0 saturated carbocycles. The molecule has 8 nitrogen and oxygen atoms in total. The first-order valence-electron chi connectivity index (χ1n) is 12.2. The summed E-state index contributed by atoms with van der Waals surface area (Å²) in [5.74, 6) is -0.00763. The van der Waals surface area contributed by atoms with Crippen molar-refractivity contribution < 1.29 is 14.4 Å². The van der Waals surface area contributed by atoms with Crippen LogP contribution in [0.15, 0.2) is 54.7 Å². The summed E-state index contributed by atoms with van der Waals surface area (Å²) in [5.41, 5.74) is 4.60. The minimum absolute atomic E-state index is 0.0916. The second-order valence-corrected chi connectivity index (χ2v) is 10.3. The van der Waals surface area contributed by atoms with Crippen LogP contribution in [0.4, 0.5) is 5.69 Å². The number of ketones is 1. The van der Waals surface area contributed by atoms with Gasteiger partial charge in [-0.15, -0.1) is 0 Å². The van der Waals surface area contributed by atoms with Crippen LogP contribution in [0.1, 0.15) is 56.7 Å². The topological polar surface area (TPSA) is 105 Å². The van der Waals surface area contributed by atoms with Crippen LogP contribution in [0.25, 0.3) is 11.0 Å². The highest BCUT2D eigenvalue weighted by molar-refractivity contribution is 7.06. The average molecular weight is 514 g/mol. The number of carbonyl (C=O) groups excluding carboxylic acids is 3. The number of para-hydroxylation sites is 2. The van der Waals surface area contributed by atoms with Crippen LogP contribution in [0.3, 0.4) is 0 Å². The summed E-state index contributed by atoms with van der Waals surface area (Å²) < 4.78 is 4.41. The van der Waals surface area contributed by atoms with Crippen molar-refractivity contribution in [2.24, 2.45) is 5.92 Å². The summed E-state index contributed by atoms with van der Waals surface area (Å²) >= 11 is 1.28. The van der Waals surface area contributed by atoms with Gasteiger partial charge in [0.15, 0.2) is 0 Å². The van der Waals surface area contributed by atoms with E-state index in [1.54, 1.807) is 42.3 Å². The molecule has 2 aromatic carbocycles. The molecule has 1 aliphatic rings. The van der Waals surface area contributed by atoms with E-state index < -0.39 is 0 Å². The molecule has 1 N–H and O–H groups in total. The number of benzene rings is 2. The number of carbonyl (C=O) groups is 3. The number of amides is 2. The first-order valence-corrected chi connectivity index (χ1v) is 13.0. The maximum absolute atomic E-state index is 13.3. The second kappa shape index (κ2) is 10.6. The van der Waals surface area contributed by atoms with Crippen LogP contribution in [-0.4, -0.2) is 49.9 Å². The van der Waals surface area contributed by atoms with Crippen LogP contribution >= 0.6 is 11.5 Å². The molecule has 0 bridgehead atoms. The number of nitrogens with one attached hydrogen (secondary N) is 1. The largest absolute Gasteiger partial charge is 0.338 e. The molecule has 5 rings (SSSR count). The quantitative estimate of drug-likeness (QED) is 0.385. The third-order valence-electron chi connectivity index (χ3n) is 6.52. The van der Waals surface area contributed by atoms with Crippen molar-refractivity contribution in [1.82, 2.24) is 19.2 Å². The standard InChI is InChI=1S/C28H27N5O3S/c1-17(34)12-19-10-11-33(16-19)28(36)20-6-5-7-21(13-20)31-27(35)26-18(2)32-37-25(26)14-22-15-29-23-8-3-4-9-24(23)30-22/h3-9,13,15,19H,10-12,14,16H2,1-2H3,(H,31,35). The molecule has 1 atom stereocenters. The SMILES string of the molecule is CC(=O)CC1CCN(C(=O)c2cccc(NC(=O)c3c(C)nsc3Cc3cnc4ccccc4n3)c2)C1. The normalized spacial score (nSPS) is 15.2. The fraction of sp³-hybridized carbons (Fsp3) is 0.286. The van der Waals surface area contributed by atoms with Gasteiger partial charge in [-0.2, -0.15) is 4.37 Å². The Morgan fingerprint density at radius 1 is 1.11 bits per heavy atom. The fourth-order valence-electron chi connectivity index (χ4n) is 4.77. The summed E-state index contributed by atoms with van der Waals surface area (Å²) in [6.07, 6.45) is 3.51. The highest BCUT2D eigenvalue weighted by Crippen LogP contribution is 2.25. The first-order chi connectivity index (χ1) is 17.9. The molecule has 2 aromatic heterocycles. The molecule has 37 heavy (non-hydrogen) atoms. The van der Waals surface area contributed by atoms with E-state index in [4.69, 9.17) is 0 Å². The lowest BCUT2D eigenvalue weighted by Crippen LogP contribution is -2.29. The zero-order chi connectivity index (χ0) is 25.9. The van der Waals surface area contributed by atoms with Gasteiger partial charge in [-0.25, -0.2) is 4.98 Å². The van der Waals surface area contributed by atoms with Crippen molar-refractivity contribution in [3.63, 3.8) is 0 Å². The molecule has 1 saturated heterocycles. The number of fused-ring (bicyclic) bond motifs is 1. The highest BCUT2D eigenvalue weighted by Gasteiger charge is 2.28. The Bertz CT molecular complexity index is 1500. The molecule has 3 heterocycles. The Morgan fingerprint density at radius 2 is 1.92 bits per heavy atom. The highest BCUT2D eigenvalue weighted by atomic mass is 32.1. The van der Waals surface area contributed by atoms with Gasteiger partial charge in [0.05, 0.1) is 28.0 Å². The zero-order valence-corrected chi connectivity index (χ0v) is 21.5. The van der Waals surface area contributed by atoms with Crippen molar-refractivity contribution in [1.29, 1.82) is 0 Å². The van der Waals surface area contributed by atoms with E-state index in [9.17, 15) is 14.4 Å². The molecule has 9 heteroatoms. The van der Waals surface area contributed by atoms with E-state index in [2.05, 4.69) is 19.7 Å². The van der Waals surface area contributed by atoms with Gasteiger partial charge in [0, 0.05) is 48.3 Å². The van der Waals surface area contributed by atoms with E-state index in [0.29, 0.717) is 48.4 Å². The van der Waals surface area contributed by atoms with Gasteiger partial charge in [-0.1, -0.05) is 18.2 Å². The van der Waals surface area contributed by atoms with Gasteiger partial charge in [-0.05, 0) is 68.1 Å². The molecule has 188 valence electrons. The van der Waals surface area contributed by atoms with Crippen LogP contribution in [-0.2, 0) is 11.2 Å². The van der Waals surface area contributed by atoms with E-state index >= 15 is 0 Å². The molecule has 4 aromatic rings. The number of aromatic nitrogens is 3. The van der Waals surface area contributed by atoms with Crippen LogP contribution < -0.4 is 5.32 Å². The Morgan fingerprint density at radius 3 is 2.73 bits per heavy atom. The average Bonchev–Trinajstić information content (AvgIpc) is 3.49. The number of hydrogen-bond donors (Lipinski definition) is 1. The molecule has 0 aliphatic carbocycles. The number of nitrogens with zero attached hydrogens (tertiary/aromatic N) is 4. The molecule has 1 aliphatic heterocycles. The Balaban J connectivity index is 1.30. The van der Waals surface area contributed by atoms with Crippen molar-refractivity contribution in [2.75, 3.05) is 18.4 Å². The van der Waals surface area contributed by atoms with E-state index in [1.807, 2.05) is 31.2 Å². The monoisotopic (exact) mass is 513 g/mol. The Hall–Kier alpha value is -3.98. The zero-order valence-electron chi connectivity index (χ0n) is 20.7. The maximum atomic E-state index is 13.3. The number of rotatable bonds is 7.